The molecule has 204 valence electrons. The van der Waals surface area contributed by atoms with Gasteiger partial charge in [-0.05, 0) is 48.0 Å². The topological polar surface area (TPSA) is 80.7 Å². The maximum atomic E-state index is 13.8. The normalized spacial score (nSPS) is 14.6. The van der Waals surface area contributed by atoms with Crippen molar-refractivity contribution >= 4 is 17.5 Å². The second-order valence-corrected chi connectivity index (χ2v) is 8.85. The molecule has 0 aliphatic carbocycles. The van der Waals surface area contributed by atoms with Crippen molar-refractivity contribution in [3.8, 4) is 11.5 Å². The molecule has 1 aliphatic rings. The van der Waals surface area contributed by atoms with E-state index in [1.54, 1.807) is 37.4 Å². The molecule has 0 saturated heterocycles. The fraction of sp³-hybridized carbons (Fsp3) is 0.276. The number of halogens is 2. The Morgan fingerprint density at radius 1 is 0.974 bits per heavy atom. The van der Waals surface area contributed by atoms with Gasteiger partial charge < -0.3 is 19.1 Å². The molecule has 0 spiro atoms. The second kappa shape index (κ2) is 12.5. The van der Waals surface area contributed by atoms with Gasteiger partial charge in [-0.25, -0.2) is 13.8 Å². The number of carbonyl (C=O) groups is 2. The molecule has 0 bridgehead atoms. The summed E-state index contributed by atoms with van der Waals surface area (Å²) in [5, 5.41) is 5.95. The van der Waals surface area contributed by atoms with Crippen LogP contribution in [0.4, 0.5) is 8.78 Å². The van der Waals surface area contributed by atoms with E-state index >= 15 is 0 Å². The molecule has 0 N–H and O–H groups in total. The number of ether oxygens (including phenoxy) is 3. The monoisotopic (exact) mass is 537 g/mol. The zero-order valence-electron chi connectivity index (χ0n) is 21.9. The van der Waals surface area contributed by atoms with Crippen molar-refractivity contribution in [1.82, 2.24) is 9.91 Å². The summed E-state index contributed by atoms with van der Waals surface area (Å²) in [7, 11) is 4.56. The van der Waals surface area contributed by atoms with Crippen LogP contribution in [-0.2, 0) is 9.53 Å². The predicted octanol–water partition coefficient (Wildman–Crippen LogP) is 4.45. The van der Waals surface area contributed by atoms with Crippen LogP contribution in [0.5, 0.6) is 11.5 Å². The Labute approximate surface area is 225 Å². The lowest BCUT2D eigenvalue weighted by Gasteiger charge is -2.27. The zero-order chi connectivity index (χ0) is 27.9. The summed E-state index contributed by atoms with van der Waals surface area (Å²) >= 11 is 0. The number of hydrogen-bond donors (Lipinski definition) is 0. The molecular weight excluding hydrogens is 508 g/mol. The first-order valence-corrected chi connectivity index (χ1v) is 12.3. The first-order valence-electron chi connectivity index (χ1n) is 12.3. The Morgan fingerprint density at radius 3 is 2.41 bits per heavy atom. The minimum absolute atomic E-state index is 0.107. The van der Waals surface area contributed by atoms with Crippen LogP contribution >= 0.6 is 0 Å². The number of carbonyl (C=O) groups excluding carboxylic acids is 2. The molecule has 39 heavy (non-hydrogen) atoms. The van der Waals surface area contributed by atoms with Crippen LogP contribution in [-0.4, -0.2) is 68.5 Å². The van der Waals surface area contributed by atoms with E-state index in [9.17, 15) is 18.4 Å². The van der Waals surface area contributed by atoms with E-state index in [2.05, 4.69) is 5.10 Å². The van der Waals surface area contributed by atoms with Crippen LogP contribution in [0.2, 0.25) is 0 Å². The lowest BCUT2D eigenvalue weighted by molar-refractivity contribution is -0.133. The number of methoxy groups -OCH3 is 3. The standard InChI is InChI=1S/C29H29F2N3O5/c1-37-14-13-33(29(36)20-5-4-6-22(31)15-20)18-28(35)34-26(19-7-9-21(30)10-8-19)17-25(32-34)24-12-11-23(38-2)16-27(24)39-3/h4-12,15-16,26H,13-14,17-18H2,1-3H3. The molecule has 0 saturated carbocycles. The van der Waals surface area contributed by atoms with Crippen LogP contribution in [0.15, 0.2) is 71.8 Å². The van der Waals surface area contributed by atoms with Gasteiger partial charge in [0.2, 0.25) is 0 Å². The predicted molar refractivity (Wildman–Crippen MR) is 141 cm³/mol. The van der Waals surface area contributed by atoms with Gasteiger partial charge in [0.25, 0.3) is 11.8 Å². The van der Waals surface area contributed by atoms with Gasteiger partial charge in [0.05, 0.1) is 32.6 Å². The lowest BCUT2D eigenvalue weighted by atomic mass is 9.97. The van der Waals surface area contributed by atoms with E-state index in [4.69, 9.17) is 14.2 Å². The van der Waals surface area contributed by atoms with Gasteiger partial charge in [-0.1, -0.05) is 18.2 Å². The van der Waals surface area contributed by atoms with E-state index in [1.165, 1.54) is 54.5 Å². The number of hydrazone groups is 1. The van der Waals surface area contributed by atoms with Gasteiger partial charge in [-0.3, -0.25) is 9.59 Å². The SMILES string of the molecule is COCCN(CC(=O)N1N=C(c2ccc(OC)cc2OC)CC1c1ccc(F)cc1)C(=O)c1cccc(F)c1. The highest BCUT2D eigenvalue weighted by Crippen LogP contribution is 2.36. The minimum Gasteiger partial charge on any atom is -0.497 e. The van der Waals surface area contributed by atoms with E-state index < -0.39 is 29.5 Å². The summed E-state index contributed by atoms with van der Waals surface area (Å²) in [6, 6.07) is 15.9. The van der Waals surface area contributed by atoms with Crippen molar-refractivity contribution in [3.05, 3.63) is 95.1 Å². The third-order valence-electron chi connectivity index (χ3n) is 6.39. The summed E-state index contributed by atoms with van der Waals surface area (Å²) in [6.07, 6.45) is 0.329. The van der Waals surface area contributed by atoms with Crippen molar-refractivity contribution in [2.45, 2.75) is 12.5 Å². The fourth-order valence-electron chi connectivity index (χ4n) is 4.38. The number of rotatable bonds is 10. The van der Waals surface area contributed by atoms with Crippen LogP contribution in [0.25, 0.3) is 0 Å². The van der Waals surface area contributed by atoms with Crippen molar-refractivity contribution in [1.29, 1.82) is 0 Å². The molecule has 3 aromatic rings. The average molecular weight is 538 g/mol. The number of amides is 2. The number of nitrogens with zero attached hydrogens (tertiary/aromatic N) is 3. The van der Waals surface area contributed by atoms with E-state index in [0.29, 0.717) is 34.8 Å². The van der Waals surface area contributed by atoms with E-state index in [1.807, 2.05) is 0 Å². The first kappa shape index (κ1) is 27.7. The summed E-state index contributed by atoms with van der Waals surface area (Å²) in [4.78, 5) is 28.2. The molecule has 4 rings (SSSR count). The van der Waals surface area contributed by atoms with E-state index in [-0.39, 0.29) is 25.3 Å². The molecule has 0 fully saturated rings. The molecule has 1 unspecified atom stereocenters. The van der Waals surface area contributed by atoms with Crippen molar-refractivity contribution < 1.29 is 32.6 Å². The molecule has 1 atom stereocenters. The van der Waals surface area contributed by atoms with Gasteiger partial charge in [-0.15, -0.1) is 0 Å². The van der Waals surface area contributed by atoms with Crippen LogP contribution in [0.1, 0.15) is 33.9 Å². The summed E-state index contributed by atoms with van der Waals surface area (Å²) in [5.74, 6) is -0.826. The lowest BCUT2D eigenvalue weighted by Crippen LogP contribution is -2.42. The third-order valence-corrected chi connectivity index (χ3v) is 6.39. The summed E-state index contributed by atoms with van der Waals surface area (Å²) in [5.41, 5.74) is 2.04. The number of hydrogen-bond acceptors (Lipinski definition) is 6. The molecule has 0 radical (unpaired) electrons. The van der Waals surface area contributed by atoms with Crippen molar-refractivity contribution in [2.24, 2.45) is 5.10 Å². The second-order valence-electron chi connectivity index (χ2n) is 8.85. The average Bonchev–Trinajstić information content (AvgIpc) is 3.40. The molecule has 1 aliphatic heterocycles. The van der Waals surface area contributed by atoms with E-state index in [0.717, 1.165) is 6.07 Å². The molecule has 1 heterocycles. The Balaban J connectivity index is 1.67. The maximum Gasteiger partial charge on any atom is 0.262 e. The highest BCUT2D eigenvalue weighted by molar-refractivity contribution is 6.05. The highest BCUT2D eigenvalue weighted by atomic mass is 19.1. The minimum atomic E-state index is -0.558. The van der Waals surface area contributed by atoms with Crippen LogP contribution < -0.4 is 9.47 Å². The quantitative estimate of drug-likeness (QED) is 0.382. The Bertz CT molecular complexity index is 1360. The Hall–Kier alpha value is -4.31. The van der Waals surface area contributed by atoms with Crippen molar-refractivity contribution in [2.75, 3.05) is 41.0 Å². The Morgan fingerprint density at radius 2 is 1.74 bits per heavy atom. The highest BCUT2D eigenvalue weighted by Gasteiger charge is 2.35. The van der Waals surface area contributed by atoms with Crippen LogP contribution in [0.3, 0.4) is 0 Å². The molecule has 0 aromatic heterocycles. The molecule has 3 aromatic carbocycles. The summed E-state index contributed by atoms with van der Waals surface area (Å²) < 4.78 is 43.4. The molecule has 10 heteroatoms. The first-order chi connectivity index (χ1) is 18.8. The van der Waals surface area contributed by atoms with Crippen molar-refractivity contribution in [3.63, 3.8) is 0 Å². The maximum absolute atomic E-state index is 13.8. The molecule has 2 amide bonds. The van der Waals surface area contributed by atoms with Crippen LogP contribution in [0, 0.1) is 11.6 Å². The third kappa shape index (κ3) is 6.40. The van der Waals surface area contributed by atoms with Gasteiger partial charge in [-0.2, -0.15) is 5.10 Å². The Kier molecular flexibility index (Phi) is 8.88. The fourth-order valence-corrected chi connectivity index (χ4v) is 4.38. The molecule has 8 nitrogen and oxygen atoms in total. The summed E-state index contributed by atoms with van der Waals surface area (Å²) in [6.45, 7) is -0.0459. The van der Waals surface area contributed by atoms with Gasteiger partial charge in [0, 0.05) is 37.3 Å². The molecular formula is C29H29F2N3O5. The number of benzene rings is 3. The zero-order valence-corrected chi connectivity index (χ0v) is 21.9. The van der Waals surface area contributed by atoms with Gasteiger partial charge in [0.15, 0.2) is 0 Å². The largest absolute Gasteiger partial charge is 0.497 e. The van der Waals surface area contributed by atoms with Gasteiger partial charge in [0.1, 0.15) is 29.7 Å². The smallest absolute Gasteiger partial charge is 0.262 e. The van der Waals surface area contributed by atoms with Gasteiger partial charge >= 0.3 is 0 Å².